The van der Waals surface area contributed by atoms with E-state index in [4.69, 9.17) is 9.47 Å². The average Bonchev–Trinajstić information content (AvgIpc) is 2.60. The number of esters is 1. The van der Waals surface area contributed by atoms with Crippen LogP contribution in [0.15, 0.2) is 12.2 Å². The maximum absolute atomic E-state index is 13.4. The van der Waals surface area contributed by atoms with Gasteiger partial charge >= 0.3 is 17.1 Å². The second-order valence-corrected chi connectivity index (χ2v) is 11.0. The van der Waals surface area contributed by atoms with Gasteiger partial charge in [0.25, 0.3) is 0 Å². The Labute approximate surface area is 183 Å². The lowest BCUT2D eigenvalue weighted by molar-refractivity contribution is -0.217. The number of alkyl halides is 4. The van der Waals surface area contributed by atoms with Gasteiger partial charge in [0.2, 0.25) is 0 Å². The van der Waals surface area contributed by atoms with Crippen molar-refractivity contribution in [1.29, 1.82) is 0 Å². The molecule has 4 aliphatic carbocycles. The number of hydrogen-bond acceptors (Lipinski definition) is 7. The molecule has 0 spiro atoms. The summed E-state index contributed by atoms with van der Waals surface area (Å²) in [6, 6.07) is 0. The summed E-state index contributed by atoms with van der Waals surface area (Å²) in [5.74, 6) is -5.02. The molecule has 0 amide bonds. The Morgan fingerprint density at radius 1 is 1.12 bits per heavy atom. The second-order valence-electron chi connectivity index (χ2n) is 9.55. The summed E-state index contributed by atoms with van der Waals surface area (Å²) >= 11 is 0. The normalized spacial score (nSPS) is 32.2. The Morgan fingerprint density at radius 3 is 2.25 bits per heavy atom. The molecule has 2 unspecified atom stereocenters. The van der Waals surface area contributed by atoms with Crippen molar-refractivity contribution in [3.63, 3.8) is 0 Å². The first-order valence-electron chi connectivity index (χ1n) is 10.5. The van der Waals surface area contributed by atoms with Gasteiger partial charge < -0.3 is 19.1 Å². The quantitative estimate of drug-likeness (QED) is 0.157. The zero-order valence-corrected chi connectivity index (χ0v) is 18.3. The van der Waals surface area contributed by atoms with Crippen LogP contribution in [0.5, 0.6) is 0 Å². The van der Waals surface area contributed by atoms with Gasteiger partial charge in [-0.1, -0.05) is 6.58 Å². The van der Waals surface area contributed by atoms with Crippen LogP contribution in [0.1, 0.15) is 57.8 Å². The Hall–Kier alpha value is -1.24. The van der Waals surface area contributed by atoms with Crippen LogP contribution in [0.3, 0.4) is 0 Å². The summed E-state index contributed by atoms with van der Waals surface area (Å²) < 4.78 is 94.7. The molecule has 4 bridgehead atoms. The number of carbonyl (C=O) groups is 1. The Balaban J connectivity index is 1.38. The van der Waals surface area contributed by atoms with Crippen molar-refractivity contribution in [2.24, 2.45) is 11.8 Å². The van der Waals surface area contributed by atoms with E-state index in [1.807, 2.05) is 0 Å². The minimum atomic E-state index is -6.50. The molecular formula is C20H27F4O7S-. The maximum Gasteiger partial charge on any atom is 0.396 e. The molecule has 0 heterocycles. The van der Waals surface area contributed by atoms with E-state index in [0.29, 0.717) is 31.1 Å². The maximum atomic E-state index is 13.4. The topological polar surface area (TPSA) is 113 Å². The SMILES string of the molecule is C=C(COCCCCC(F)(F)C(F)(F)S(=O)(=O)[O-])C(=O)OC12CC3CC(CC(O)(C3)C1)C2. The summed E-state index contributed by atoms with van der Waals surface area (Å²) in [5.41, 5.74) is -1.51. The molecule has 0 aromatic carbocycles. The van der Waals surface area contributed by atoms with Gasteiger partial charge in [0.15, 0.2) is 10.1 Å². The zero-order chi connectivity index (χ0) is 24.0. The molecule has 0 aromatic heterocycles. The molecule has 1 N–H and O–H groups in total. The van der Waals surface area contributed by atoms with Gasteiger partial charge in [-0.3, -0.25) is 0 Å². The molecule has 2 atom stereocenters. The molecule has 0 radical (unpaired) electrons. The summed E-state index contributed by atoms with van der Waals surface area (Å²) in [4.78, 5) is 12.4. The molecular weight excluding hydrogens is 460 g/mol. The molecule has 7 nitrogen and oxygen atoms in total. The monoisotopic (exact) mass is 487 g/mol. The van der Waals surface area contributed by atoms with Gasteiger partial charge in [0, 0.05) is 19.4 Å². The van der Waals surface area contributed by atoms with Crippen LogP contribution in [0.4, 0.5) is 17.6 Å². The van der Waals surface area contributed by atoms with Gasteiger partial charge in [-0.25, -0.2) is 13.2 Å². The van der Waals surface area contributed by atoms with E-state index in [0.717, 1.165) is 19.3 Å². The van der Waals surface area contributed by atoms with Crippen molar-refractivity contribution < 1.29 is 49.9 Å². The van der Waals surface area contributed by atoms with Crippen LogP contribution in [0.25, 0.3) is 0 Å². The average molecular weight is 487 g/mol. The first-order valence-corrected chi connectivity index (χ1v) is 11.9. The lowest BCUT2D eigenvalue weighted by atomic mass is 9.52. The summed E-state index contributed by atoms with van der Waals surface area (Å²) in [5, 5.41) is 5.01. The summed E-state index contributed by atoms with van der Waals surface area (Å²) in [7, 11) is -6.50. The van der Waals surface area contributed by atoms with E-state index < -0.39 is 51.3 Å². The number of unbranched alkanes of at least 4 members (excludes halogenated alkanes) is 1. The highest BCUT2D eigenvalue weighted by molar-refractivity contribution is 7.86. The minimum absolute atomic E-state index is 0.00190. The third-order valence-electron chi connectivity index (χ3n) is 6.62. The van der Waals surface area contributed by atoms with Crippen molar-refractivity contribution in [2.75, 3.05) is 13.2 Å². The standard InChI is InChI=1S/C20H28F4O7S/c1-13(11-30-5-3-2-4-19(21,22)20(23,24)32(27,28)29)16(25)31-18-9-14-6-15(10-18)8-17(26,7-14)12-18/h14-15,26H,1-12H2,(H,27,28,29)/p-1. The second kappa shape index (κ2) is 8.52. The van der Waals surface area contributed by atoms with Crippen LogP contribution in [0.2, 0.25) is 0 Å². The minimum Gasteiger partial charge on any atom is -0.743 e. The fraction of sp³-hybridized carbons (Fsp3) is 0.850. The van der Waals surface area contributed by atoms with Crippen LogP contribution < -0.4 is 0 Å². The number of hydrogen-bond donors (Lipinski definition) is 1. The highest BCUT2D eigenvalue weighted by Crippen LogP contribution is 2.59. The lowest BCUT2D eigenvalue weighted by Gasteiger charge is -2.59. The number of aliphatic hydroxyl groups is 1. The molecule has 4 saturated carbocycles. The van der Waals surface area contributed by atoms with E-state index in [9.17, 15) is 40.4 Å². The van der Waals surface area contributed by atoms with Crippen LogP contribution in [-0.4, -0.2) is 59.6 Å². The number of carbonyl (C=O) groups excluding carboxylic acids is 1. The predicted octanol–water partition coefficient (Wildman–Crippen LogP) is 3.13. The molecule has 32 heavy (non-hydrogen) atoms. The first-order chi connectivity index (χ1) is 14.6. The Kier molecular flexibility index (Phi) is 6.76. The van der Waals surface area contributed by atoms with Gasteiger partial charge in [0.05, 0.1) is 17.8 Å². The van der Waals surface area contributed by atoms with E-state index in [-0.39, 0.29) is 25.2 Å². The van der Waals surface area contributed by atoms with Crippen LogP contribution >= 0.6 is 0 Å². The van der Waals surface area contributed by atoms with Crippen molar-refractivity contribution >= 4 is 16.1 Å². The number of halogens is 4. The number of ether oxygens (including phenoxy) is 2. The largest absolute Gasteiger partial charge is 0.743 e. The van der Waals surface area contributed by atoms with Crippen molar-refractivity contribution in [1.82, 2.24) is 0 Å². The number of rotatable bonds is 11. The van der Waals surface area contributed by atoms with E-state index in [2.05, 4.69) is 6.58 Å². The summed E-state index contributed by atoms with van der Waals surface area (Å²) in [6.45, 7) is 3.17. The van der Waals surface area contributed by atoms with E-state index >= 15 is 0 Å². The van der Waals surface area contributed by atoms with E-state index in [1.165, 1.54) is 0 Å². The fourth-order valence-electron chi connectivity index (χ4n) is 5.65. The fourth-order valence-corrected chi connectivity index (χ4v) is 6.12. The molecule has 0 saturated heterocycles. The molecule has 12 heteroatoms. The molecule has 0 aromatic rings. The molecule has 4 fully saturated rings. The van der Waals surface area contributed by atoms with Gasteiger partial charge in [0.1, 0.15) is 5.60 Å². The smallest absolute Gasteiger partial charge is 0.396 e. The van der Waals surface area contributed by atoms with E-state index in [1.54, 1.807) is 0 Å². The first kappa shape index (κ1) is 25.4. The predicted molar refractivity (Wildman–Crippen MR) is 102 cm³/mol. The highest BCUT2D eigenvalue weighted by Gasteiger charge is 2.61. The molecule has 4 rings (SSSR count). The van der Waals surface area contributed by atoms with Crippen molar-refractivity contribution in [2.45, 2.75) is 80.2 Å². The van der Waals surface area contributed by atoms with Crippen molar-refractivity contribution in [3.8, 4) is 0 Å². The third-order valence-corrected chi connectivity index (χ3v) is 7.55. The van der Waals surface area contributed by atoms with Gasteiger partial charge in [-0.05, 0) is 56.8 Å². The van der Waals surface area contributed by atoms with Crippen molar-refractivity contribution in [3.05, 3.63) is 12.2 Å². The van der Waals surface area contributed by atoms with Gasteiger partial charge in [-0.15, -0.1) is 0 Å². The zero-order valence-electron chi connectivity index (χ0n) is 17.5. The molecule has 184 valence electrons. The van der Waals surface area contributed by atoms with Crippen LogP contribution in [-0.2, 0) is 24.4 Å². The lowest BCUT2D eigenvalue weighted by Crippen LogP contribution is -2.60. The summed E-state index contributed by atoms with van der Waals surface area (Å²) in [6.07, 6.45) is 2.08. The van der Waals surface area contributed by atoms with Crippen LogP contribution in [0, 0.1) is 11.8 Å². The Morgan fingerprint density at radius 2 is 1.72 bits per heavy atom. The highest BCUT2D eigenvalue weighted by atomic mass is 32.2. The molecule has 4 aliphatic rings. The third kappa shape index (κ3) is 5.13. The Bertz CT molecular complexity index is 844. The molecule has 0 aliphatic heterocycles. The van der Waals surface area contributed by atoms with Gasteiger partial charge in [-0.2, -0.15) is 17.6 Å².